The van der Waals surface area contributed by atoms with Gasteiger partial charge in [0.05, 0.1) is 5.37 Å². The third kappa shape index (κ3) is 4.94. The van der Waals surface area contributed by atoms with Crippen molar-refractivity contribution in [3.8, 4) is 0 Å². The van der Waals surface area contributed by atoms with E-state index in [1.165, 1.54) is 10.5 Å². The highest BCUT2D eigenvalue weighted by Gasteiger charge is 2.60. The van der Waals surface area contributed by atoms with Crippen LogP contribution in [0.4, 0.5) is 4.79 Å². The number of amides is 3. The quantitative estimate of drug-likeness (QED) is 0.278. The minimum absolute atomic E-state index is 0.0773. The summed E-state index contributed by atoms with van der Waals surface area (Å²) >= 11 is 4.85. The normalized spacial score (nSPS) is 18.7. The highest BCUT2D eigenvalue weighted by Crippen LogP contribution is 2.42. The van der Waals surface area contributed by atoms with Crippen molar-refractivity contribution in [2.75, 3.05) is 0 Å². The first kappa shape index (κ1) is 24.6. The average molecular weight is 499 g/mol. The van der Waals surface area contributed by atoms with Crippen molar-refractivity contribution in [1.82, 2.24) is 9.80 Å². The van der Waals surface area contributed by atoms with Crippen molar-refractivity contribution < 1.29 is 9.59 Å². The Hall–Kier alpha value is -3.05. The second kappa shape index (κ2) is 10.9. The third-order valence-corrected chi connectivity index (χ3v) is 8.18. The van der Waals surface area contributed by atoms with Gasteiger partial charge in [-0.2, -0.15) is 12.6 Å². The summed E-state index contributed by atoms with van der Waals surface area (Å²) in [6.45, 7) is 0. The van der Waals surface area contributed by atoms with Crippen LogP contribution in [0.3, 0.4) is 0 Å². The highest BCUT2D eigenvalue weighted by molar-refractivity contribution is 7.80. The van der Waals surface area contributed by atoms with Crippen LogP contribution in [0.15, 0.2) is 91.0 Å². The summed E-state index contributed by atoms with van der Waals surface area (Å²) in [7, 11) is 0. The van der Waals surface area contributed by atoms with Crippen LogP contribution < -0.4 is 0 Å². The number of thiol groups is 1. The lowest BCUT2D eigenvalue weighted by Gasteiger charge is -2.39. The van der Waals surface area contributed by atoms with Crippen molar-refractivity contribution in [3.05, 3.63) is 108 Å². The SMILES string of the molecule is O=C1N(C(S)CCc2ccccc2)C(=O)C(Cc2ccccc2)(Cc2ccccc2)N1C1CCCC1. The summed E-state index contributed by atoms with van der Waals surface area (Å²) in [6.07, 6.45) is 6.45. The first-order valence-corrected chi connectivity index (χ1v) is 13.6. The second-order valence-electron chi connectivity index (χ2n) is 10.1. The van der Waals surface area contributed by atoms with Crippen LogP contribution in [-0.4, -0.2) is 38.7 Å². The molecule has 1 heterocycles. The predicted octanol–water partition coefficient (Wildman–Crippen LogP) is 6.31. The number of benzene rings is 3. The Morgan fingerprint density at radius 2 is 1.22 bits per heavy atom. The van der Waals surface area contributed by atoms with Gasteiger partial charge in [0, 0.05) is 18.9 Å². The van der Waals surface area contributed by atoms with Gasteiger partial charge in [0.15, 0.2) is 0 Å². The number of aryl methyl sites for hydroxylation is 1. The maximum atomic E-state index is 14.5. The lowest BCUT2D eigenvalue weighted by Crippen LogP contribution is -2.56. The molecule has 2 aliphatic rings. The minimum Gasteiger partial charge on any atom is -0.306 e. The van der Waals surface area contributed by atoms with Crippen LogP contribution in [-0.2, 0) is 24.1 Å². The summed E-state index contributed by atoms with van der Waals surface area (Å²) in [5.74, 6) is -0.111. The number of rotatable bonds is 9. The molecule has 1 unspecified atom stereocenters. The van der Waals surface area contributed by atoms with E-state index >= 15 is 0 Å². The van der Waals surface area contributed by atoms with Crippen molar-refractivity contribution in [3.63, 3.8) is 0 Å². The monoisotopic (exact) mass is 498 g/mol. The van der Waals surface area contributed by atoms with Crippen LogP contribution >= 0.6 is 12.6 Å². The number of carbonyl (C=O) groups is 2. The van der Waals surface area contributed by atoms with Crippen LogP contribution in [0.2, 0.25) is 0 Å². The van der Waals surface area contributed by atoms with Gasteiger partial charge >= 0.3 is 6.03 Å². The average Bonchev–Trinajstić information content (AvgIpc) is 3.49. The number of hydrogen-bond donors (Lipinski definition) is 1. The molecule has 3 amide bonds. The van der Waals surface area contributed by atoms with Crippen LogP contribution in [0.1, 0.15) is 48.8 Å². The standard InChI is InChI=1S/C31H34N2O2S/c34-29-31(22-25-14-6-2-7-15-25,23-26-16-8-3-9-17-26)33(27-18-10-11-19-27)30(35)32(29)28(36)21-20-24-12-4-1-5-13-24/h1-9,12-17,27-28,36H,10-11,18-23H2. The first-order chi connectivity index (χ1) is 17.6. The van der Waals surface area contributed by atoms with Gasteiger partial charge in [-0.25, -0.2) is 9.69 Å². The van der Waals surface area contributed by atoms with Crippen molar-refractivity contribution in [2.24, 2.45) is 0 Å². The summed E-state index contributed by atoms with van der Waals surface area (Å²) in [4.78, 5) is 32.0. The van der Waals surface area contributed by atoms with E-state index in [-0.39, 0.29) is 18.0 Å². The van der Waals surface area contributed by atoms with Crippen molar-refractivity contribution in [2.45, 2.75) is 68.3 Å². The van der Waals surface area contributed by atoms with Crippen molar-refractivity contribution >= 4 is 24.6 Å². The van der Waals surface area contributed by atoms with E-state index in [4.69, 9.17) is 12.6 Å². The summed E-state index contributed by atoms with van der Waals surface area (Å²) < 4.78 is 0. The van der Waals surface area contributed by atoms with Crippen LogP contribution in [0.25, 0.3) is 0 Å². The molecule has 0 aromatic heterocycles. The fraction of sp³-hybridized carbons (Fsp3) is 0.355. The van der Waals surface area contributed by atoms with E-state index in [1.54, 1.807) is 0 Å². The van der Waals surface area contributed by atoms with E-state index in [9.17, 15) is 9.59 Å². The molecule has 4 nitrogen and oxygen atoms in total. The molecule has 0 radical (unpaired) electrons. The van der Waals surface area contributed by atoms with E-state index in [1.807, 2.05) is 59.5 Å². The van der Waals surface area contributed by atoms with Gasteiger partial charge < -0.3 is 4.90 Å². The Balaban J connectivity index is 1.52. The van der Waals surface area contributed by atoms with E-state index < -0.39 is 10.9 Å². The summed E-state index contributed by atoms with van der Waals surface area (Å²) in [6, 6.07) is 30.3. The molecule has 1 aliphatic carbocycles. The lowest BCUT2D eigenvalue weighted by atomic mass is 9.82. The summed E-state index contributed by atoms with van der Waals surface area (Å²) in [5.41, 5.74) is 2.37. The molecular weight excluding hydrogens is 464 g/mol. The molecule has 36 heavy (non-hydrogen) atoms. The Morgan fingerprint density at radius 3 is 1.72 bits per heavy atom. The number of nitrogens with zero attached hydrogens (tertiary/aromatic N) is 2. The van der Waals surface area contributed by atoms with Crippen LogP contribution in [0.5, 0.6) is 0 Å². The van der Waals surface area contributed by atoms with E-state index in [2.05, 4.69) is 36.4 Å². The Kier molecular flexibility index (Phi) is 7.47. The number of hydrogen-bond acceptors (Lipinski definition) is 3. The smallest absolute Gasteiger partial charge is 0.306 e. The Morgan fingerprint density at radius 1 is 0.750 bits per heavy atom. The summed E-state index contributed by atoms with van der Waals surface area (Å²) in [5, 5.41) is -0.470. The zero-order chi connectivity index (χ0) is 25.0. The molecule has 2 fully saturated rings. The lowest BCUT2D eigenvalue weighted by molar-refractivity contribution is -0.134. The zero-order valence-electron chi connectivity index (χ0n) is 20.6. The fourth-order valence-corrected chi connectivity index (χ4v) is 6.30. The van der Waals surface area contributed by atoms with Gasteiger partial charge in [-0.3, -0.25) is 4.79 Å². The molecule has 0 N–H and O–H groups in total. The molecule has 1 saturated heterocycles. The van der Waals surface area contributed by atoms with E-state index in [0.717, 1.165) is 43.2 Å². The van der Waals surface area contributed by atoms with Gasteiger partial charge in [-0.1, -0.05) is 104 Å². The van der Waals surface area contributed by atoms with Gasteiger partial charge in [0.1, 0.15) is 5.54 Å². The number of imide groups is 1. The molecule has 1 saturated carbocycles. The third-order valence-electron chi connectivity index (χ3n) is 7.69. The molecule has 0 bridgehead atoms. The maximum absolute atomic E-state index is 14.5. The molecule has 0 spiro atoms. The molecule has 186 valence electrons. The van der Waals surface area contributed by atoms with Gasteiger partial charge in [0.25, 0.3) is 5.91 Å². The number of urea groups is 1. The first-order valence-electron chi connectivity index (χ1n) is 13.1. The van der Waals surface area contributed by atoms with Crippen LogP contribution in [0, 0.1) is 0 Å². The molecule has 5 heteroatoms. The van der Waals surface area contributed by atoms with Gasteiger partial charge in [-0.05, 0) is 42.4 Å². The topological polar surface area (TPSA) is 40.6 Å². The highest BCUT2D eigenvalue weighted by atomic mass is 32.1. The number of carbonyl (C=O) groups excluding carboxylic acids is 2. The second-order valence-corrected chi connectivity index (χ2v) is 10.7. The molecule has 1 aliphatic heterocycles. The largest absolute Gasteiger partial charge is 0.328 e. The predicted molar refractivity (Wildman–Crippen MR) is 147 cm³/mol. The minimum atomic E-state index is -0.956. The molecule has 5 rings (SSSR count). The van der Waals surface area contributed by atoms with Gasteiger partial charge in [0.2, 0.25) is 0 Å². The Bertz CT molecular complexity index is 1120. The van der Waals surface area contributed by atoms with Crippen molar-refractivity contribution in [1.29, 1.82) is 0 Å². The zero-order valence-corrected chi connectivity index (χ0v) is 21.5. The molecule has 3 aromatic carbocycles. The fourth-order valence-electron chi connectivity index (χ4n) is 5.96. The van der Waals surface area contributed by atoms with Gasteiger partial charge in [-0.15, -0.1) is 0 Å². The Labute approximate surface area is 219 Å². The molecular formula is C31H34N2O2S. The van der Waals surface area contributed by atoms with E-state index in [0.29, 0.717) is 19.3 Å². The molecule has 1 atom stereocenters. The molecule has 3 aromatic rings. The maximum Gasteiger partial charge on any atom is 0.328 e.